The molecule has 0 saturated heterocycles. The smallest absolute Gasteiger partial charge is 0.214 e. The number of hydrogen-bond donors (Lipinski definition) is 0. The maximum Gasteiger partial charge on any atom is 0.214 e. The van der Waals surface area contributed by atoms with Gasteiger partial charge in [0.05, 0.1) is 18.6 Å². The van der Waals surface area contributed by atoms with Gasteiger partial charge in [0.25, 0.3) is 0 Å². The Hall–Kier alpha value is -2.81. The number of carbonyl (C=O) groups excluding carboxylic acids is 1. The molecule has 0 aliphatic carbocycles. The molecule has 0 bridgehead atoms. The number of tetrazole rings is 1. The monoisotopic (exact) mass is 362 g/mol. The van der Waals surface area contributed by atoms with Crippen molar-refractivity contribution < 1.29 is 18.3 Å². The van der Waals surface area contributed by atoms with Crippen molar-refractivity contribution in [3.05, 3.63) is 59.7 Å². The van der Waals surface area contributed by atoms with Crippen LogP contribution in [0.1, 0.15) is 10.4 Å². The molecule has 128 valence electrons. The molecule has 3 rings (SSSR count). The lowest BCUT2D eigenvalue weighted by Crippen LogP contribution is -2.06. The summed E-state index contributed by atoms with van der Waals surface area (Å²) in [5.74, 6) is -1.72. The van der Waals surface area contributed by atoms with Crippen LogP contribution in [0.25, 0.3) is 5.69 Å². The van der Waals surface area contributed by atoms with Gasteiger partial charge < -0.3 is 4.74 Å². The largest absolute Gasteiger partial charge is 0.497 e. The maximum absolute atomic E-state index is 13.2. The summed E-state index contributed by atoms with van der Waals surface area (Å²) in [7, 11) is 1.57. The summed E-state index contributed by atoms with van der Waals surface area (Å²) in [6.45, 7) is 0. The molecule has 6 nitrogen and oxygen atoms in total. The second-order valence-corrected chi connectivity index (χ2v) is 5.85. The number of carbonyl (C=O) groups is 1. The van der Waals surface area contributed by atoms with Crippen LogP contribution in [0.5, 0.6) is 5.75 Å². The minimum absolute atomic E-state index is 0.0123. The van der Waals surface area contributed by atoms with Crippen molar-refractivity contribution in [2.24, 2.45) is 0 Å². The van der Waals surface area contributed by atoms with Gasteiger partial charge in [-0.25, -0.2) is 8.78 Å². The Morgan fingerprint density at radius 1 is 1.16 bits per heavy atom. The number of Topliss-reactive ketones (excluding diaryl/α,β-unsaturated/α-hetero) is 1. The predicted molar refractivity (Wildman–Crippen MR) is 87.1 cm³/mol. The zero-order valence-corrected chi connectivity index (χ0v) is 13.8. The summed E-state index contributed by atoms with van der Waals surface area (Å²) in [6.07, 6.45) is 0. The van der Waals surface area contributed by atoms with Gasteiger partial charge in [-0.15, -0.1) is 5.10 Å². The number of ketones is 1. The molecule has 0 unspecified atom stereocenters. The summed E-state index contributed by atoms with van der Waals surface area (Å²) in [6, 6.07) is 10.1. The van der Waals surface area contributed by atoms with Crippen LogP contribution in [0.2, 0.25) is 0 Å². The fourth-order valence-electron chi connectivity index (χ4n) is 2.04. The van der Waals surface area contributed by atoms with E-state index in [1.807, 2.05) is 0 Å². The molecule has 1 heterocycles. The van der Waals surface area contributed by atoms with Crippen LogP contribution < -0.4 is 4.74 Å². The van der Waals surface area contributed by atoms with Crippen LogP contribution in [-0.2, 0) is 0 Å². The zero-order valence-electron chi connectivity index (χ0n) is 13.0. The molecule has 0 fully saturated rings. The fraction of sp³-hybridized carbons (Fsp3) is 0.125. The highest BCUT2D eigenvalue weighted by Gasteiger charge is 2.14. The third-order valence-corrected chi connectivity index (χ3v) is 4.25. The molecule has 3 aromatic rings. The summed E-state index contributed by atoms with van der Waals surface area (Å²) in [5.41, 5.74) is 0.795. The van der Waals surface area contributed by atoms with Crippen LogP contribution in [0.3, 0.4) is 0 Å². The Balaban J connectivity index is 1.72. The van der Waals surface area contributed by atoms with Gasteiger partial charge in [-0.3, -0.25) is 4.79 Å². The summed E-state index contributed by atoms with van der Waals surface area (Å²) in [4.78, 5) is 12.1. The lowest BCUT2D eigenvalue weighted by molar-refractivity contribution is 0.102. The lowest BCUT2D eigenvalue weighted by Gasteiger charge is -2.05. The molecule has 1 aromatic heterocycles. The van der Waals surface area contributed by atoms with Crippen molar-refractivity contribution in [1.29, 1.82) is 0 Å². The molecule has 0 aliphatic rings. The van der Waals surface area contributed by atoms with Gasteiger partial charge in [-0.1, -0.05) is 11.8 Å². The van der Waals surface area contributed by atoms with Crippen molar-refractivity contribution in [3.63, 3.8) is 0 Å². The summed E-state index contributed by atoms with van der Waals surface area (Å²) >= 11 is 1.10. The number of halogens is 2. The minimum Gasteiger partial charge on any atom is -0.497 e. The fourth-order valence-corrected chi connectivity index (χ4v) is 2.82. The van der Waals surface area contributed by atoms with E-state index in [4.69, 9.17) is 4.74 Å². The standard InChI is InChI=1S/C16H12F2N4O2S/c1-24-12-5-3-11(4-6-12)22-16(19-20-21-22)25-9-15(23)10-2-7-13(17)14(18)8-10/h2-8H,9H2,1H3. The van der Waals surface area contributed by atoms with Crippen LogP contribution in [0, 0.1) is 11.6 Å². The number of rotatable bonds is 6. The Morgan fingerprint density at radius 2 is 1.92 bits per heavy atom. The molecular weight excluding hydrogens is 350 g/mol. The average Bonchev–Trinajstić information content (AvgIpc) is 3.10. The highest BCUT2D eigenvalue weighted by Crippen LogP contribution is 2.21. The predicted octanol–water partition coefficient (Wildman–Crippen LogP) is 2.92. The van der Waals surface area contributed by atoms with E-state index in [0.29, 0.717) is 16.6 Å². The summed E-state index contributed by atoms with van der Waals surface area (Å²) < 4.78 is 32.7. The minimum atomic E-state index is -1.06. The number of thioether (sulfide) groups is 1. The van der Waals surface area contributed by atoms with Crippen LogP contribution in [0.4, 0.5) is 8.78 Å². The number of ether oxygens (including phenoxy) is 1. The highest BCUT2D eigenvalue weighted by atomic mass is 32.2. The average molecular weight is 362 g/mol. The molecule has 0 saturated carbocycles. The SMILES string of the molecule is COc1ccc(-n2nnnc2SCC(=O)c2ccc(F)c(F)c2)cc1. The van der Waals surface area contributed by atoms with Crippen molar-refractivity contribution in [3.8, 4) is 11.4 Å². The van der Waals surface area contributed by atoms with Crippen LogP contribution >= 0.6 is 11.8 Å². The molecule has 0 spiro atoms. The number of nitrogens with zero attached hydrogens (tertiary/aromatic N) is 4. The van der Waals surface area contributed by atoms with Crippen molar-refractivity contribution in [1.82, 2.24) is 20.2 Å². The molecule has 9 heteroatoms. The quantitative estimate of drug-likeness (QED) is 0.496. The van der Waals surface area contributed by atoms with Crippen LogP contribution in [-0.4, -0.2) is 38.9 Å². The van der Waals surface area contributed by atoms with E-state index in [2.05, 4.69) is 15.5 Å². The van der Waals surface area contributed by atoms with E-state index in [9.17, 15) is 13.6 Å². The third-order valence-electron chi connectivity index (χ3n) is 3.33. The van der Waals surface area contributed by atoms with Gasteiger partial charge in [0.15, 0.2) is 17.4 Å². The second-order valence-electron chi connectivity index (χ2n) is 4.91. The Kier molecular flexibility index (Phi) is 5.03. The first-order valence-electron chi connectivity index (χ1n) is 7.12. The van der Waals surface area contributed by atoms with Crippen molar-refractivity contribution in [2.45, 2.75) is 5.16 Å². The van der Waals surface area contributed by atoms with Gasteiger partial charge in [0.2, 0.25) is 5.16 Å². The van der Waals surface area contributed by atoms with Gasteiger partial charge >= 0.3 is 0 Å². The molecule has 0 aliphatic heterocycles. The Labute approximate surface area is 145 Å². The first-order chi connectivity index (χ1) is 12.1. The van der Waals surface area contributed by atoms with Crippen molar-refractivity contribution >= 4 is 17.5 Å². The molecule has 0 radical (unpaired) electrons. The molecule has 2 aromatic carbocycles. The molecule has 0 N–H and O–H groups in total. The Morgan fingerprint density at radius 3 is 2.60 bits per heavy atom. The normalized spacial score (nSPS) is 10.7. The third kappa shape index (κ3) is 3.82. The van der Waals surface area contributed by atoms with E-state index in [1.165, 1.54) is 10.7 Å². The van der Waals surface area contributed by atoms with E-state index < -0.39 is 11.6 Å². The Bertz CT molecular complexity index is 899. The van der Waals surface area contributed by atoms with Gasteiger partial charge in [0.1, 0.15) is 5.75 Å². The molecule has 25 heavy (non-hydrogen) atoms. The molecule has 0 atom stereocenters. The number of hydrogen-bond acceptors (Lipinski definition) is 6. The van der Waals surface area contributed by atoms with E-state index in [1.54, 1.807) is 31.4 Å². The van der Waals surface area contributed by atoms with Crippen molar-refractivity contribution in [2.75, 3.05) is 12.9 Å². The zero-order chi connectivity index (χ0) is 17.8. The topological polar surface area (TPSA) is 69.9 Å². The van der Waals surface area contributed by atoms with E-state index in [-0.39, 0.29) is 17.1 Å². The van der Waals surface area contributed by atoms with Crippen LogP contribution in [0.15, 0.2) is 47.6 Å². The maximum atomic E-state index is 13.2. The number of benzene rings is 2. The molecule has 0 amide bonds. The lowest BCUT2D eigenvalue weighted by atomic mass is 10.1. The van der Waals surface area contributed by atoms with E-state index >= 15 is 0 Å². The van der Waals surface area contributed by atoms with Gasteiger partial charge in [0, 0.05) is 5.56 Å². The number of methoxy groups -OCH3 is 1. The molecular formula is C16H12F2N4O2S. The first kappa shape index (κ1) is 17.0. The van der Waals surface area contributed by atoms with E-state index in [0.717, 1.165) is 23.9 Å². The highest BCUT2D eigenvalue weighted by molar-refractivity contribution is 7.99. The first-order valence-corrected chi connectivity index (χ1v) is 8.11. The van der Waals surface area contributed by atoms with Gasteiger partial charge in [-0.2, -0.15) is 4.68 Å². The number of aromatic nitrogens is 4. The summed E-state index contributed by atoms with van der Waals surface area (Å²) in [5, 5.41) is 11.8. The van der Waals surface area contributed by atoms with Gasteiger partial charge in [-0.05, 0) is 52.9 Å². The second kappa shape index (κ2) is 7.39.